The number of carbonyl (C=O) groups is 1. The van der Waals surface area contributed by atoms with Gasteiger partial charge in [0.25, 0.3) is 0 Å². The Labute approximate surface area is 123 Å². The predicted octanol–water partition coefficient (Wildman–Crippen LogP) is 3.26. The fourth-order valence-corrected chi connectivity index (χ4v) is 1.79. The first-order chi connectivity index (χ1) is 10.1. The minimum Gasteiger partial charge on any atom is -0.497 e. The number of anilines is 1. The number of furan rings is 1. The van der Waals surface area contributed by atoms with Crippen LogP contribution in [0.1, 0.15) is 11.5 Å². The van der Waals surface area contributed by atoms with Crippen molar-refractivity contribution in [1.29, 1.82) is 0 Å². The van der Waals surface area contributed by atoms with E-state index in [0.29, 0.717) is 22.9 Å². The summed E-state index contributed by atoms with van der Waals surface area (Å²) in [6.45, 7) is 1.85. The van der Waals surface area contributed by atoms with E-state index in [4.69, 9.17) is 13.9 Å². The molecule has 110 valence electrons. The summed E-state index contributed by atoms with van der Waals surface area (Å²) < 4.78 is 15.7. The largest absolute Gasteiger partial charge is 0.497 e. The van der Waals surface area contributed by atoms with Crippen LogP contribution in [0.5, 0.6) is 11.5 Å². The second-order valence-electron chi connectivity index (χ2n) is 4.34. The van der Waals surface area contributed by atoms with Crippen molar-refractivity contribution in [3.8, 4) is 11.5 Å². The Hall–Kier alpha value is -2.69. The molecule has 2 aromatic rings. The van der Waals surface area contributed by atoms with E-state index in [2.05, 4.69) is 5.32 Å². The monoisotopic (exact) mass is 287 g/mol. The van der Waals surface area contributed by atoms with Gasteiger partial charge in [0.05, 0.1) is 19.9 Å². The maximum Gasteiger partial charge on any atom is 0.248 e. The van der Waals surface area contributed by atoms with Crippen LogP contribution in [0.2, 0.25) is 0 Å². The maximum atomic E-state index is 11.9. The standard InChI is InChI=1S/C16H17NO4/c1-11-4-5-12(21-11)7-9-16(18)17-14-10-13(19-2)6-8-15(14)20-3/h4-10H,1-3H3,(H,17,18)/b9-7-. The zero-order chi connectivity index (χ0) is 15.2. The van der Waals surface area contributed by atoms with Gasteiger partial charge in [0.2, 0.25) is 5.91 Å². The van der Waals surface area contributed by atoms with Gasteiger partial charge in [-0.3, -0.25) is 4.79 Å². The molecular formula is C16H17NO4. The van der Waals surface area contributed by atoms with Crippen LogP contribution in [0.15, 0.2) is 40.8 Å². The highest BCUT2D eigenvalue weighted by atomic mass is 16.5. The van der Waals surface area contributed by atoms with E-state index in [1.165, 1.54) is 6.08 Å². The SMILES string of the molecule is COc1ccc(OC)c(NC(=O)/C=C\c2ccc(C)o2)c1. The first-order valence-electron chi connectivity index (χ1n) is 6.40. The number of nitrogens with one attached hydrogen (secondary N) is 1. The average Bonchev–Trinajstić information content (AvgIpc) is 2.90. The van der Waals surface area contributed by atoms with Crippen molar-refractivity contribution in [2.75, 3.05) is 19.5 Å². The van der Waals surface area contributed by atoms with E-state index in [0.717, 1.165) is 5.76 Å². The fraction of sp³-hybridized carbons (Fsp3) is 0.188. The summed E-state index contributed by atoms with van der Waals surface area (Å²) in [6, 6.07) is 8.82. The van der Waals surface area contributed by atoms with E-state index in [1.54, 1.807) is 44.6 Å². The van der Waals surface area contributed by atoms with Gasteiger partial charge in [-0.1, -0.05) is 0 Å². The highest BCUT2D eigenvalue weighted by Crippen LogP contribution is 2.28. The molecule has 5 heteroatoms. The zero-order valence-corrected chi connectivity index (χ0v) is 12.2. The molecule has 0 saturated heterocycles. The minimum atomic E-state index is -0.282. The molecule has 0 fully saturated rings. The lowest BCUT2D eigenvalue weighted by Crippen LogP contribution is -2.09. The second-order valence-corrected chi connectivity index (χ2v) is 4.34. The van der Waals surface area contributed by atoms with Crippen molar-refractivity contribution < 1.29 is 18.7 Å². The molecule has 0 radical (unpaired) electrons. The molecular weight excluding hydrogens is 270 g/mol. The first-order valence-corrected chi connectivity index (χ1v) is 6.40. The Morgan fingerprint density at radius 2 is 2.00 bits per heavy atom. The smallest absolute Gasteiger partial charge is 0.248 e. The molecule has 0 saturated carbocycles. The van der Waals surface area contributed by atoms with Crippen molar-refractivity contribution in [1.82, 2.24) is 0 Å². The van der Waals surface area contributed by atoms with Gasteiger partial charge in [0.15, 0.2) is 0 Å². The minimum absolute atomic E-state index is 0.282. The molecule has 0 aliphatic heterocycles. The third kappa shape index (κ3) is 3.89. The Kier molecular flexibility index (Phi) is 4.66. The Morgan fingerprint density at radius 3 is 2.62 bits per heavy atom. The van der Waals surface area contributed by atoms with Crippen LogP contribution in [0, 0.1) is 6.92 Å². The molecule has 0 bridgehead atoms. The lowest BCUT2D eigenvalue weighted by Gasteiger charge is -2.10. The normalized spacial score (nSPS) is 10.6. The lowest BCUT2D eigenvalue weighted by atomic mass is 10.2. The Balaban J connectivity index is 2.10. The summed E-state index contributed by atoms with van der Waals surface area (Å²) in [5, 5.41) is 2.74. The summed E-state index contributed by atoms with van der Waals surface area (Å²) in [5.74, 6) is 2.34. The van der Waals surface area contributed by atoms with E-state index < -0.39 is 0 Å². The van der Waals surface area contributed by atoms with Crippen molar-refractivity contribution in [3.05, 3.63) is 47.9 Å². The van der Waals surface area contributed by atoms with Crippen LogP contribution in [0.25, 0.3) is 6.08 Å². The average molecular weight is 287 g/mol. The Morgan fingerprint density at radius 1 is 1.19 bits per heavy atom. The third-order valence-corrected chi connectivity index (χ3v) is 2.82. The second kappa shape index (κ2) is 6.65. The number of benzene rings is 1. The van der Waals surface area contributed by atoms with Crippen molar-refractivity contribution in [3.63, 3.8) is 0 Å². The van der Waals surface area contributed by atoms with E-state index in [-0.39, 0.29) is 5.91 Å². The van der Waals surface area contributed by atoms with Gasteiger partial charge in [0.1, 0.15) is 23.0 Å². The third-order valence-electron chi connectivity index (χ3n) is 2.82. The molecule has 1 amide bonds. The predicted molar refractivity (Wildman–Crippen MR) is 80.7 cm³/mol. The quantitative estimate of drug-likeness (QED) is 0.857. The number of ether oxygens (including phenoxy) is 2. The van der Waals surface area contributed by atoms with Gasteiger partial charge in [-0.05, 0) is 37.3 Å². The molecule has 0 atom stereocenters. The summed E-state index contributed by atoms with van der Waals surface area (Å²) in [4.78, 5) is 11.9. The highest BCUT2D eigenvalue weighted by molar-refractivity contribution is 6.02. The van der Waals surface area contributed by atoms with Crippen LogP contribution in [0.4, 0.5) is 5.69 Å². The first kappa shape index (κ1) is 14.7. The molecule has 1 heterocycles. The molecule has 0 unspecified atom stereocenters. The summed E-state index contributed by atoms with van der Waals surface area (Å²) >= 11 is 0. The molecule has 21 heavy (non-hydrogen) atoms. The number of rotatable bonds is 5. The van der Waals surface area contributed by atoms with Gasteiger partial charge < -0.3 is 19.2 Å². The maximum absolute atomic E-state index is 11.9. The van der Waals surface area contributed by atoms with Gasteiger partial charge in [-0.15, -0.1) is 0 Å². The fourth-order valence-electron chi connectivity index (χ4n) is 1.79. The molecule has 2 rings (SSSR count). The van der Waals surface area contributed by atoms with E-state index >= 15 is 0 Å². The Bertz CT molecular complexity index is 658. The van der Waals surface area contributed by atoms with Crippen LogP contribution in [-0.4, -0.2) is 20.1 Å². The van der Waals surface area contributed by atoms with E-state index in [1.807, 2.05) is 13.0 Å². The van der Waals surface area contributed by atoms with Gasteiger partial charge in [-0.2, -0.15) is 0 Å². The van der Waals surface area contributed by atoms with Gasteiger partial charge in [0, 0.05) is 12.1 Å². The van der Waals surface area contributed by atoms with Crippen LogP contribution >= 0.6 is 0 Å². The van der Waals surface area contributed by atoms with E-state index in [9.17, 15) is 4.79 Å². The molecule has 5 nitrogen and oxygen atoms in total. The topological polar surface area (TPSA) is 60.7 Å². The summed E-state index contributed by atoms with van der Waals surface area (Å²) in [7, 11) is 3.10. The molecule has 1 aromatic carbocycles. The van der Waals surface area contributed by atoms with Gasteiger partial charge in [-0.25, -0.2) is 0 Å². The van der Waals surface area contributed by atoms with Crippen LogP contribution < -0.4 is 14.8 Å². The number of hydrogen-bond donors (Lipinski definition) is 1. The molecule has 1 N–H and O–H groups in total. The van der Waals surface area contributed by atoms with Crippen molar-refractivity contribution in [2.24, 2.45) is 0 Å². The molecule has 0 aliphatic carbocycles. The summed E-state index contributed by atoms with van der Waals surface area (Å²) in [5.41, 5.74) is 0.544. The number of aryl methyl sites for hydroxylation is 1. The van der Waals surface area contributed by atoms with Crippen LogP contribution in [-0.2, 0) is 4.79 Å². The van der Waals surface area contributed by atoms with Crippen LogP contribution in [0.3, 0.4) is 0 Å². The number of hydrogen-bond acceptors (Lipinski definition) is 4. The number of carbonyl (C=O) groups excluding carboxylic acids is 1. The molecule has 0 spiro atoms. The highest BCUT2D eigenvalue weighted by Gasteiger charge is 2.07. The van der Waals surface area contributed by atoms with Crippen molar-refractivity contribution >= 4 is 17.7 Å². The summed E-state index contributed by atoms with van der Waals surface area (Å²) in [6.07, 6.45) is 3.01. The number of methoxy groups -OCH3 is 2. The zero-order valence-electron chi connectivity index (χ0n) is 12.2. The van der Waals surface area contributed by atoms with Crippen molar-refractivity contribution in [2.45, 2.75) is 6.92 Å². The molecule has 1 aromatic heterocycles. The molecule has 0 aliphatic rings. The number of amides is 1. The van der Waals surface area contributed by atoms with Gasteiger partial charge >= 0.3 is 0 Å². The lowest BCUT2D eigenvalue weighted by molar-refractivity contribution is -0.111.